The highest BCUT2D eigenvalue weighted by Crippen LogP contribution is 2.10. The number of carboxylic acids is 3. The lowest BCUT2D eigenvalue weighted by molar-refractivity contribution is -0.143. The molecule has 0 aliphatic rings. The molecular formula is C39H53N7O13. The number of nitrogens with two attached hydrogens (primary N) is 1. The molecule has 59 heavy (non-hydrogen) atoms. The second-order valence-corrected chi connectivity index (χ2v) is 14.4. The van der Waals surface area contributed by atoms with Crippen molar-refractivity contribution in [2.45, 2.75) is 108 Å². The lowest BCUT2D eigenvalue weighted by Crippen LogP contribution is -2.61. The van der Waals surface area contributed by atoms with Gasteiger partial charge < -0.3 is 58.1 Å². The number of rotatable bonds is 24. The predicted octanol–water partition coefficient (Wildman–Crippen LogP) is -1.81. The Kier molecular flexibility index (Phi) is 19.6. The first-order valence-corrected chi connectivity index (χ1v) is 18.7. The summed E-state index contributed by atoms with van der Waals surface area (Å²) in [4.78, 5) is 114. The zero-order valence-electron chi connectivity index (χ0n) is 33.0. The molecular weight excluding hydrogens is 774 g/mol. The molecule has 8 atom stereocenters. The lowest BCUT2D eigenvalue weighted by atomic mass is 10.0. The number of carbonyl (C=O) groups is 9. The van der Waals surface area contributed by atoms with E-state index in [0.717, 1.165) is 12.5 Å². The van der Waals surface area contributed by atoms with E-state index < -0.39 is 115 Å². The molecule has 0 saturated carbocycles. The van der Waals surface area contributed by atoms with Gasteiger partial charge in [0.1, 0.15) is 36.3 Å². The van der Waals surface area contributed by atoms with Crippen LogP contribution in [0.4, 0.5) is 0 Å². The number of benzene rings is 2. The van der Waals surface area contributed by atoms with Crippen molar-refractivity contribution in [2.75, 3.05) is 0 Å². The number of carboxylic acid groups (broad SMARTS) is 3. The topological polar surface area (TPSA) is 333 Å². The van der Waals surface area contributed by atoms with Crippen LogP contribution in [0.3, 0.4) is 0 Å². The number of carbonyl (C=O) groups excluding carboxylic acids is 6. The van der Waals surface area contributed by atoms with Gasteiger partial charge in [-0.3, -0.25) is 38.4 Å². The molecule has 0 aliphatic carbocycles. The molecule has 0 radical (unpaired) electrons. The van der Waals surface area contributed by atoms with Crippen LogP contribution >= 0.6 is 0 Å². The van der Waals surface area contributed by atoms with Gasteiger partial charge in [-0.1, -0.05) is 74.5 Å². The SMILES string of the molecule is CC(C)C[C@H](NC(=O)[C@@H](NC(=O)[C@@H](N)Cc1ccccc1)[C@H](C)O)C(=O)N[C@@H](CC(=O)O)C(=O)N[C@@H](C)C(=O)N[C@@H](CC(=O)O)C(=O)N[C@@H](Cc1ccccc1)C(=O)O. The first-order chi connectivity index (χ1) is 27.7. The molecule has 0 aromatic heterocycles. The third-order valence-corrected chi connectivity index (χ3v) is 8.71. The second-order valence-electron chi connectivity index (χ2n) is 14.4. The van der Waals surface area contributed by atoms with Crippen molar-refractivity contribution >= 4 is 53.4 Å². The van der Waals surface area contributed by atoms with Gasteiger partial charge >= 0.3 is 17.9 Å². The summed E-state index contributed by atoms with van der Waals surface area (Å²) < 4.78 is 0. The zero-order valence-corrected chi connectivity index (χ0v) is 33.0. The molecule has 2 rings (SSSR count). The van der Waals surface area contributed by atoms with E-state index >= 15 is 0 Å². The standard InChI is InChI=1S/C39H53N7O13/c1-20(2)15-26(44-38(57)32(22(4)47)46-34(53)25(40)16-23-11-7-5-8-12-23)36(55)43-27(18-30(48)49)35(54)41-21(3)33(52)42-28(19-31(50)51)37(56)45-29(39(58)59)17-24-13-9-6-10-14-24/h5-14,20-22,25-29,32,47H,15-19,40H2,1-4H3,(H,41,54)(H,42,52)(H,43,55)(H,44,57)(H,45,56)(H,46,53)(H,48,49)(H,50,51)(H,58,59)/t21-,22-,25-,26-,27-,28-,29-,32-/m0/s1. The molecule has 0 saturated heterocycles. The van der Waals surface area contributed by atoms with Crippen molar-refractivity contribution in [3.8, 4) is 0 Å². The summed E-state index contributed by atoms with van der Waals surface area (Å²) in [6.45, 7) is 5.75. The molecule has 20 nitrogen and oxygen atoms in total. The molecule has 322 valence electrons. The number of aliphatic hydroxyl groups excluding tert-OH is 1. The summed E-state index contributed by atoms with van der Waals surface area (Å²) in [6.07, 6.45) is -3.53. The van der Waals surface area contributed by atoms with Gasteiger partial charge in [-0.25, -0.2) is 4.79 Å². The second kappa shape index (κ2) is 23.7. The minimum Gasteiger partial charge on any atom is -0.481 e. The first-order valence-electron chi connectivity index (χ1n) is 18.7. The van der Waals surface area contributed by atoms with Crippen LogP contribution in [-0.4, -0.2) is 122 Å². The summed E-state index contributed by atoms with van der Waals surface area (Å²) in [5.41, 5.74) is 7.32. The normalized spacial score (nSPS) is 15.0. The number of hydrogen-bond donors (Lipinski definition) is 11. The molecule has 6 amide bonds. The van der Waals surface area contributed by atoms with Crippen LogP contribution in [0.25, 0.3) is 0 Å². The molecule has 0 spiro atoms. The quantitative estimate of drug-likeness (QED) is 0.0556. The highest BCUT2D eigenvalue weighted by Gasteiger charge is 2.35. The minimum absolute atomic E-state index is 0.0487. The van der Waals surface area contributed by atoms with Crippen LogP contribution in [0.5, 0.6) is 0 Å². The van der Waals surface area contributed by atoms with Crippen molar-refractivity contribution in [3.05, 3.63) is 71.8 Å². The molecule has 0 aliphatic heterocycles. The Morgan fingerprint density at radius 1 is 0.525 bits per heavy atom. The maximum atomic E-state index is 13.5. The van der Waals surface area contributed by atoms with Gasteiger partial charge in [-0.2, -0.15) is 0 Å². The third-order valence-electron chi connectivity index (χ3n) is 8.71. The van der Waals surface area contributed by atoms with E-state index in [-0.39, 0.29) is 25.2 Å². The summed E-state index contributed by atoms with van der Waals surface area (Å²) in [5, 5.41) is 52.6. The van der Waals surface area contributed by atoms with E-state index in [2.05, 4.69) is 31.9 Å². The maximum absolute atomic E-state index is 13.5. The van der Waals surface area contributed by atoms with E-state index in [1.165, 1.54) is 6.92 Å². The van der Waals surface area contributed by atoms with Gasteiger partial charge in [0.2, 0.25) is 35.4 Å². The number of hydrogen-bond acceptors (Lipinski definition) is 11. The van der Waals surface area contributed by atoms with E-state index in [9.17, 15) is 63.6 Å². The number of aliphatic carboxylic acids is 3. The van der Waals surface area contributed by atoms with Crippen molar-refractivity contribution < 1.29 is 63.6 Å². The van der Waals surface area contributed by atoms with E-state index in [4.69, 9.17) is 5.73 Å². The molecule has 0 unspecified atom stereocenters. The average molecular weight is 828 g/mol. The van der Waals surface area contributed by atoms with Gasteiger partial charge in [0.05, 0.1) is 25.0 Å². The van der Waals surface area contributed by atoms with Crippen molar-refractivity contribution in [2.24, 2.45) is 11.7 Å². The fourth-order valence-corrected chi connectivity index (χ4v) is 5.63. The van der Waals surface area contributed by atoms with Crippen LogP contribution in [0.15, 0.2) is 60.7 Å². The van der Waals surface area contributed by atoms with E-state index in [1.54, 1.807) is 74.5 Å². The Morgan fingerprint density at radius 3 is 1.41 bits per heavy atom. The Labute approximate surface area is 340 Å². The molecule has 2 aromatic carbocycles. The highest BCUT2D eigenvalue weighted by atomic mass is 16.4. The fraction of sp³-hybridized carbons (Fsp3) is 0.462. The number of aliphatic hydroxyl groups is 1. The maximum Gasteiger partial charge on any atom is 0.326 e. The summed E-state index contributed by atoms with van der Waals surface area (Å²) >= 11 is 0. The Bertz CT molecular complexity index is 1790. The van der Waals surface area contributed by atoms with Crippen molar-refractivity contribution in [1.29, 1.82) is 0 Å². The van der Waals surface area contributed by atoms with Crippen LogP contribution in [0.2, 0.25) is 0 Å². The van der Waals surface area contributed by atoms with Gasteiger partial charge in [0.15, 0.2) is 0 Å². The van der Waals surface area contributed by atoms with Gasteiger partial charge in [0, 0.05) is 6.42 Å². The first kappa shape index (κ1) is 48.7. The number of nitrogens with one attached hydrogen (secondary N) is 6. The number of amides is 6. The van der Waals surface area contributed by atoms with Gasteiger partial charge in [-0.05, 0) is 43.7 Å². The van der Waals surface area contributed by atoms with Crippen LogP contribution in [0.1, 0.15) is 58.1 Å². The Hall–Kier alpha value is -6.41. The molecule has 20 heteroatoms. The fourth-order valence-electron chi connectivity index (χ4n) is 5.63. The van der Waals surface area contributed by atoms with Gasteiger partial charge in [0.25, 0.3) is 0 Å². The lowest BCUT2D eigenvalue weighted by Gasteiger charge is -2.28. The minimum atomic E-state index is -1.84. The Balaban J connectivity index is 2.17. The molecule has 2 aromatic rings. The molecule has 0 heterocycles. The van der Waals surface area contributed by atoms with Crippen molar-refractivity contribution in [1.82, 2.24) is 31.9 Å². The van der Waals surface area contributed by atoms with Crippen LogP contribution in [-0.2, 0) is 56.0 Å². The average Bonchev–Trinajstić information content (AvgIpc) is 3.15. The zero-order chi connectivity index (χ0) is 44.4. The highest BCUT2D eigenvalue weighted by molar-refractivity contribution is 5.98. The smallest absolute Gasteiger partial charge is 0.326 e. The summed E-state index contributed by atoms with van der Waals surface area (Å²) in [6, 6.07) is 6.22. The summed E-state index contributed by atoms with van der Waals surface area (Å²) in [7, 11) is 0. The third kappa shape index (κ3) is 17.3. The van der Waals surface area contributed by atoms with E-state index in [1.807, 2.05) is 0 Å². The van der Waals surface area contributed by atoms with Crippen molar-refractivity contribution in [3.63, 3.8) is 0 Å². The van der Waals surface area contributed by atoms with Crippen LogP contribution < -0.4 is 37.6 Å². The largest absolute Gasteiger partial charge is 0.481 e. The van der Waals surface area contributed by atoms with Gasteiger partial charge in [-0.15, -0.1) is 0 Å². The predicted molar refractivity (Wildman–Crippen MR) is 209 cm³/mol. The summed E-state index contributed by atoms with van der Waals surface area (Å²) in [5.74, 6) is -11.0. The molecule has 0 bridgehead atoms. The van der Waals surface area contributed by atoms with Crippen LogP contribution in [0, 0.1) is 5.92 Å². The monoisotopic (exact) mass is 827 g/mol. The molecule has 0 fully saturated rings. The van der Waals surface area contributed by atoms with E-state index in [0.29, 0.717) is 5.56 Å². The molecule has 12 N–H and O–H groups in total. The Morgan fingerprint density at radius 2 is 0.949 bits per heavy atom.